The summed E-state index contributed by atoms with van der Waals surface area (Å²) in [6.45, 7) is 5.47. The van der Waals surface area contributed by atoms with Crippen molar-refractivity contribution < 1.29 is 4.79 Å². The van der Waals surface area contributed by atoms with Crippen molar-refractivity contribution >= 4 is 22.5 Å². The molecule has 0 saturated carbocycles. The highest BCUT2D eigenvalue weighted by molar-refractivity contribution is 5.92. The summed E-state index contributed by atoms with van der Waals surface area (Å²) in [7, 11) is 4.10. The fraction of sp³-hybridized carbons (Fsp3) is 0.320. The van der Waals surface area contributed by atoms with E-state index in [1.54, 1.807) is 0 Å². The van der Waals surface area contributed by atoms with Crippen molar-refractivity contribution in [1.82, 2.24) is 24.8 Å². The Kier molecular flexibility index (Phi) is 6.00. The third-order valence-corrected chi connectivity index (χ3v) is 5.70. The summed E-state index contributed by atoms with van der Waals surface area (Å²) in [6, 6.07) is 16.3. The molecule has 0 fully saturated rings. The Morgan fingerprint density at radius 2 is 1.74 bits per heavy atom. The highest BCUT2D eigenvalue weighted by atomic mass is 16.1. The van der Waals surface area contributed by atoms with Crippen LogP contribution >= 0.6 is 0 Å². The first-order chi connectivity index (χ1) is 14.9. The Bertz CT molecular complexity index is 1240. The van der Waals surface area contributed by atoms with Gasteiger partial charge in [0.1, 0.15) is 0 Å². The van der Waals surface area contributed by atoms with Crippen LogP contribution in [0.4, 0.5) is 0 Å². The van der Waals surface area contributed by atoms with E-state index in [-0.39, 0.29) is 5.91 Å². The van der Waals surface area contributed by atoms with Gasteiger partial charge in [0.2, 0.25) is 5.91 Å². The van der Waals surface area contributed by atoms with Crippen LogP contribution in [0, 0.1) is 13.8 Å². The summed E-state index contributed by atoms with van der Waals surface area (Å²) >= 11 is 0. The van der Waals surface area contributed by atoms with Gasteiger partial charge in [-0.15, -0.1) is 0 Å². The van der Waals surface area contributed by atoms with Crippen molar-refractivity contribution in [2.24, 2.45) is 0 Å². The molecule has 2 heterocycles. The van der Waals surface area contributed by atoms with Crippen molar-refractivity contribution in [1.29, 1.82) is 0 Å². The minimum atomic E-state index is 0.0455. The molecule has 0 aliphatic rings. The molecule has 4 rings (SSSR count). The average Bonchev–Trinajstić information content (AvgIpc) is 3.11. The Labute approximate surface area is 182 Å². The van der Waals surface area contributed by atoms with Gasteiger partial charge in [0.05, 0.1) is 5.52 Å². The van der Waals surface area contributed by atoms with E-state index in [2.05, 4.69) is 29.3 Å². The summed E-state index contributed by atoms with van der Waals surface area (Å²) in [5.74, 6) is 0.0455. The maximum atomic E-state index is 12.6. The maximum absolute atomic E-state index is 12.6. The van der Waals surface area contributed by atoms with Crippen LogP contribution in [-0.4, -0.2) is 39.5 Å². The zero-order chi connectivity index (χ0) is 22.0. The standard InChI is InChI=1S/C25H29N5O/c1-17-21(18(2)30-25(27-17)22-11-7-8-12-23(22)28-30)13-14-24(31)26-15-19-9-5-6-10-20(19)16-29(3)4/h5-12H,13-16H2,1-4H3,(H,26,31). The number of aryl methyl sites for hydroxylation is 2. The number of amides is 1. The van der Waals surface area contributed by atoms with E-state index in [0.717, 1.165) is 45.6 Å². The average molecular weight is 416 g/mol. The van der Waals surface area contributed by atoms with E-state index in [4.69, 9.17) is 10.1 Å². The molecule has 0 saturated heterocycles. The van der Waals surface area contributed by atoms with Gasteiger partial charge >= 0.3 is 0 Å². The molecule has 6 nitrogen and oxygen atoms in total. The monoisotopic (exact) mass is 415 g/mol. The van der Waals surface area contributed by atoms with Crippen LogP contribution in [0.5, 0.6) is 0 Å². The van der Waals surface area contributed by atoms with Gasteiger partial charge in [0.25, 0.3) is 0 Å². The normalized spacial score (nSPS) is 11.5. The number of rotatable bonds is 7. The van der Waals surface area contributed by atoms with Gasteiger partial charge in [-0.3, -0.25) is 4.79 Å². The van der Waals surface area contributed by atoms with E-state index in [9.17, 15) is 4.79 Å². The molecule has 1 amide bonds. The second-order valence-corrected chi connectivity index (χ2v) is 8.30. The van der Waals surface area contributed by atoms with E-state index >= 15 is 0 Å². The Morgan fingerprint density at radius 3 is 2.52 bits per heavy atom. The first-order valence-electron chi connectivity index (χ1n) is 10.7. The molecule has 0 radical (unpaired) electrons. The lowest BCUT2D eigenvalue weighted by Gasteiger charge is -2.15. The van der Waals surface area contributed by atoms with E-state index in [0.29, 0.717) is 19.4 Å². The third-order valence-electron chi connectivity index (χ3n) is 5.70. The SMILES string of the molecule is Cc1nc2c3ccccc3nn2c(C)c1CCC(=O)NCc1ccccc1CN(C)C. The number of aromatic nitrogens is 3. The van der Waals surface area contributed by atoms with Gasteiger partial charge < -0.3 is 10.2 Å². The summed E-state index contributed by atoms with van der Waals surface area (Å²) in [5.41, 5.74) is 7.29. The van der Waals surface area contributed by atoms with Crippen LogP contribution in [-0.2, 0) is 24.3 Å². The maximum Gasteiger partial charge on any atom is 0.220 e. The van der Waals surface area contributed by atoms with Crippen molar-refractivity contribution in [2.75, 3.05) is 14.1 Å². The molecule has 0 bridgehead atoms. The second-order valence-electron chi connectivity index (χ2n) is 8.30. The number of nitrogens with one attached hydrogen (secondary N) is 1. The number of benzene rings is 2. The van der Waals surface area contributed by atoms with Gasteiger partial charge in [0.15, 0.2) is 5.65 Å². The van der Waals surface area contributed by atoms with Crippen LogP contribution in [0.15, 0.2) is 48.5 Å². The molecule has 1 N–H and O–H groups in total. The van der Waals surface area contributed by atoms with Gasteiger partial charge in [-0.1, -0.05) is 36.4 Å². The Balaban J connectivity index is 1.46. The Morgan fingerprint density at radius 1 is 1.03 bits per heavy atom. The van der Waals surface area contributed by atoms with E-state index < -0.39 is 0 Å². The largest absolute Gasteiger partial charge is 0.352 e. The zero-order valence-corrected chi connectivity index (χ0v) is 18.6. The zero-order valence-electron chi connectivity index (χ0n) is 18.6. The quantitative estimate of drug-likeness (QED) is 0.499. The molecule has 2 aromatic heterocycles. The number of hydrogen-bond acceptors (Lipinski definition) is 4. The summed E-state index contributed by atoms with van der Waals surface area (Å²) in [6.07, 6.45) is 1.06. The van der Waals surface area contributed by atoms with Crippen LogP contribution in [0.3, 0.4) is 0 Å². The summed E-state index contributed by atoms with van der Waals surface area (Å²) in [5, 5.41) is 8.83. The smallest absolute Gasteiger partial charge is 0.220 e. The number of nitrogens with zero attached hydrogens (tertiary/aromatic N) is 4. The fourth-order valence-electron chi connectivity index (χ4n) is 4.08. The summed E-state index contributed by atoms with van der Waals surface area (Å²) < 4.78 is 1.91. The van der Waals surface area contributed by atoms with Gasteiger partial charge in [-0.2, -0.15) is 5.10 Å². The molecular formula is C25H29N5O. The molecular weight excluding hydrogens is 386 g/mol. The lowest BCUT2D eigenvalue weighted by atomic mass is 10.1. The highest BCUT2D eigenvalue weighted by Crippen LogP contribution is 2.23. The lowest BCUT2D eigenvalue weighted by molar-refractivity contribution is -0.121. The van der Waals surface area contributed by atoms with Gasteiger partial charge in [-0.05, 0) is 63.2 Å². The van der Waals surface area contributed by atoms with Crippen molar-refractivity contribution in [3.63, 3.8) is 0 Å². The summed E-state index contributed by atoms with van der Waals surface area (Å²) in [4.78, 5) is 19.5. The van der Waals surface area contributed by atoms with Crippen LogP contribution < -0.4 is 5.32 Å². The van der Waals surface area contributed by atoms with E-state index in [1.165, 1.54) is 5.56 Å². The lowest BCUT2D eigenvalue weighted by Crippen LogP contribution is -2.24. The van der Waals surface area contributed by atoms with Crippen LogP contribution in [0.1, 0.15) is 34.5 Å². The molecule has 0 atom stereocenters. The highest BCUT2D eigenvalue weighted by Gasteiger charge is 2.15. The molecule has 0 aliphatic heterocycles. The van der Waals surface area contributed by atoms with Crippen molar-refractivity contribution in [3.05, 3.63) is 76.6 Å². The first kappa shape index (κ1) is 21.0. The predicted molar refractivity (Wildman–Crippen MR) is 124 cm³/mol. The van der Waals surface area contributed by atoms with Gasteiger partial charge in [-0.25, -0.2) is 9.50 Å². The number of hydrogen-bond donors (Lipinski definition) is 1. The van der Waals surface area contributed by atoms with Gasteiger partial charge in [0, 0.05) is 36.3 Å². The Hall–Kier alpha value is -3.25. The van der Waals surface area contributed by atoms with E-state index in [1.807, 2.05) is 61.9 Å². The minimum absolute atomic E-state index is 0.0455. The molecule has 4 aromatic rings. The molecule has 0 unspecified atom stereocenters. The molecule has 6 heteroatoms. The van der Waals surface area contributed by atoms with Crippen molar-refractivity contribution in [2.45, 2.75) is 39.8 Å². The molecule has 31 heavy (non-hydrogen) atoms. The number of carbonyl (C=O) groups is 1. The number of carbonyl (C=O) groups excluding carboxylic acids is 1. The second kappa shape index (κ2) is 8.86. The number of fused-ring (bicyclic) bond motifs is 3. The topological polar surface area (TPSA) is 62.5 Å². The fourth-order valence-corrected chi connectivity index (χ4v) is 4.08. The van der Waals surface area contributed by atoms with Crippen LogP contribution in [0.2, 0.25) is 0 Å². The van der Waals surface area contributed by atoms with Crippen LogP contribution in [0.25, 0.3) is 16.6 Å². The third kappa shape index (κ3) is 4.44. The molecule has 2 aromatic carbocycles. The molecule has 160 valence electrons. The predicted octanol–water partition coefficient (Wildman–Crippen LogP) is 3.81. The molecule has 0 aliphatic carbocycles. The minimum Gasteiger partial charge on any atom is -0.352 e. The molecule has 0 spiro atoms. The first-order valence-corrected chi connectivity index (χ1v) is 10.7. The van der Waals surface area contributed by atoms with Crippen molar-refractivity contribution in [3.8, 4) is 0 Å².